The monoisotopic (exact) mass is 361 g/mol. The Hall–Kier alpha value is -1.73. The van der Waals surface area contributed by atoms with Crippen LogP contribution in [0.5, 0.6) is 0 Å². The Morgan fingerprint density at radius 1 is 1.17 bits per heavy atom. The predicted octanol–water partition coefficient (Wildman–Crippen LogP) is 4.02. The fourth-order valence-corrected chi connectivity index (χ4v) is 5.17. The molecule has 0 bridgehead atoms. The Kier molecular flexibility index (Phi) is 4.14. The van der Waals surface area contributed by atoms with Gasteiger partial charge in [-0.05, 0) is 24.3 Å². The Morgan fingerprint density at radius 3 is 2.67 bits per heavy atom. The van der Waals surface area contributed by atoms with Gasteiger partial charge in [-0.2, -0.15) is 0 Å². The lowest BCUT2D eigenvalue weighted by Gasteiger charge is -2.24. The zero-order chi connectivity index (χ0) is 16.6. The average Bonchev–Trinajstić information content (AvgIpc) is 3.25. The van der Waals surface area contributed by atoms with Crippen LogP contribution in [0, 0.1) is 0 Å². The van der Waals surface area contributed by atoms with Crippen molar-refractivity contribution in [1.29, 1.82) is 0 Å². The molecule has 1 aliphatic carbocycles. The van der Waals surface area contributed by atoms with Crippen LogP contribution >= 0.6 is 22.7 Å². The van der Waals surface area contributed by atoms with Gasteiger partial charge in [0.1, 0.15) is 10.5 Å². The second-order valence-corrected chi connectivity index (χ2v) is 8.24. The van der Waals surface area contributed by atoms with Gasteiger partial charge < -0.3 is 5.32 Å². The minimum Gasteiger partial charge on any atom is -0.323 e. The van der Waals surface area contributed by atoms with Crippen molar-refractivity contribution in [2.45, 2.75) is 50.6 Å². The summed E-state index contributed by atoms with van der Waals surface area (Å²) in [6.07, 6.45) is 5.79. The molecular weight excluding hydrogens is 342 g/mol. The number of nitrogens with one attached hydrogen (secondary N) is 1. The fraction of sp³-hybridized carbons (Fsp3) is 0.471. The van der Waals surface area contributed by atoms with Crippen LogP contribution in [0.2, 0.25) is 0 Å². The SMILES string of the molecule is O=C1NC2(CCCCCC2)C(=O)N1Cc1csc(-c2cccs2)n1. The summed E-state index contributed by atoms with van der Waals surface area (Å²) < 4.78 is 0. The van der Waals surface area contributed by atoms with Crippen molar-refractivity contribution in [2.24, 2.45) is 0 Å². The number of thiazole rings is 1. The van der Waals surface area contributed by atoms with E-state index in [1.165, 1.54) is 4.90 Å². The van der Waals surface area contributed by atoms with Crippen LogP contribution < -0.4 is 5.32 Å². The van der Waals surface area contributed by atoms with Gasteiger partial charge in [0.15, 0.2) is 0 Å². The molecule has 1 spiro atoms. The fourth-order valence-electron chi connectivity index (χ4n) is 3.55. The summed E-state index contributed by atoms with van der Waals surface area (Å²) in [5, 5.41) is 7.88. The number of urea groups is 1. The van der Waals surface area contributed by atoms with Gasteiger partial charge in [-0.15, -0.1) is 22.7 Å². The van der Waals surface area contributed by atoms with E-state index in [4.69, 9.17) is 0 Å². The van der Waals surface area contributed by atoms with E-state index in [0.717, 1.165) is 54.1 Å². The van der Waals surface area contributed by atoms with Gasteiger partial charge in [-0.3, -0.25) is 9.69 Å². The molecule has 24 heavy (non-hydrogen) atoms. The van der Waals surface area contributed by atoms with Gasteiger partial charge in [0.25, 0.3) is 5.91 Å². The van der Waals surface area contributed by atoms with E-state index < -0.39 is 5.54 Å². The van der Waals surface area contributed by atoms with Crippen molar-refractivity contribution < 1.29 is 9.59 Å². The maximum atomic E-state index is 12.9. The summed E-state index contributed by atoms with van der Waals surface area (Å²) in [7, 11) is 0. The van der Waals surface area contributed by atoms with Crippen molar-refractivity contribution in [2.75, 3.05) is 0 Å². The normalized spacial score (nSPS) is 20.4. The summed E-state index contributed by atoms with van der Waals surface area (Å²) in [5.41, 5.74) is 0.109. The molecule has 0 unspecified atom stereocenters. The first-order valence-electron chi connectivity index (χ1n) is 8.30. The van der Waals surface area contributed by atoms with E-state index in [-0.39, 0.29) is 18.5 Å². The lowest BCUT2D eigenvalue weighted by molar-refractivity contribution is -0.132. The van der Waals surface area contributed by atoms with E-state index in [1.54, 1.807) is 22.7 Å². The third kappa shape index (κ3) is 2.75. The minimum absolute atomic E-state index is 0.0694. The number of nitrogens with zero attached hydrogens (tertiary/aromatic N) is 2. The molecule has 0 aromatic carbocycles. The second kappa shape index (κ2) is 6.29. The van der Waals surface area contributed by atoms with E-state index >= 15 is 0 Å². The molecule has 1 saturated carbocycles. The highest BCUT2D eigenvalue weighted by Crippen LogP contribution is 2.34. The van der Waals surface area contributed by atoms with Crippen molar-refractivity contribution in [3.05, 3.63) is 28.6 Å². The summed E-state index contributed by atoms with van der Waals surface area (Å²) in [6.45, 7) is 0.258. The van der Waals surface area contributed by atoms with Crippen molar-refractivity contribution in [3.8, 4) is 9.88 Å². The molecule has 1 saturated heterocycles. The highest BCUT2D eigenvalue weighted by Gasteiger charge is 2.50. The maximum absolute atomic E-state index is 12.9. The van der Waals surface area contributed by atoms with Crippen molar-refractivity contribution in [3.63, 3.8) is 0 Å². The average molecular weight is 361 g/mol. The summed E-state index contributed by atoms with van der Waals surface area (Å²) >= 11 is 3.19. The van der Waals surface area contributed by atoms with Gasteiger partial charge in [0.2, 0.25) is 0 Å². The summed E-state index contributed by atoms with van der Waals surface area (Å²) in [4.78, 5) is 32.3. The molecule has 3 heterocycles. The van der Waals surface area contributed by atoms with Gasteiger partial charge in [-0.1, -0.05) is 31.7 Å². The lowest BCUT2D eigenvalue weighted by Crippen LogP contribution is -2.46. The lowest BCUT2D eigenvalue weighted by atomic mass is 9.90. The molecule has 5 nitrogen and oxygen atoms in total. The summed E-state index contributed by atoms with van der Waals surface area (Å²) in [5.74, 6) is -0.0694. The number of hydrogen-bond donors (Lipinski definition) is 1. The van der Waals surface area contributed by atoms with Gasteiger partial charge in [0, 0.05) is 5.38 Å². The largest absolute Gasteiger partial charge is 0.325 e. The van der Waals surface area contributed by atoms with Crippen LogP contribution in [0.15, 0.2) is 22.9 Å². The first kappa shape index (κ1) is 15.8. The number of carbonyl (C=O) groups excluding carboxylic acids is 2. The van der Waals surface area contributed by atoms with Crippen LogP contribution in [-0.2, 0) is 11.3 Å². The first-order valence-corrected chi connectivity index (χ1v) is 10.1. The highest BCUT2D eigenvalue weighted by molar-refractivity contribution is 7.20. The van der Waals surface area contributed by atoms with Crippen LogP contribution in [0.25, 0.3) is 9.88 Å². The van der Waals surface area contributed by atoms with E-state index in [9.17, 15) is 9.59 Å². The van der Waals surface area contributed by atoms with Crippen LogP contribution in [0.1, 0.15) is 44.2 Å². The Labute approximate surface area is 148 Å². The second-order valence-electron chi connectivity index (χ2n) is 6.44. The molecular formula is C17H19N3O2S2. The zero-order valence-electron chi connectivity index (χ0n) is 13.3. The molecule has 2 aliphatic rings. The van der Waals surface area contributed by atoms with E-state index in [1.807, 2.05) is 22.9 Å². The van der Waals surface area contributed by atoms with E-state index in [0.29, 0.717) is 0 Å². The number of carbonyl (C=O) groups is 2. The minimum atomic E-state index is -0.666. The maximum Gasteiger partial charge on any atom is 0.325 e. The van der Waals surface area contributed by atoms with Crippen molar-refractivity contribution in [1.82, 2.24) is 15.2 Å². The smallest absolute Gasteiger partial charge is 0.323 e. The zero-order valence-corrected chi connectivity index (χ0v) is 14.9. The number of aromatic nitrogens is 1. The number of imide groups is 1. The molecule has 2 aromatic rings. The molecule has 1 aliphatic heterocycles. The molecule has 126 valence electrons. The van der Waals surface area contributed by atoms with E-state index in [2.05, 4.69) is 10.3 Å². The molecule has 0 atom stereocenters. The number of thiophene rings is 1. The highest BCUT2D eigenvalue weighted by atomic mass is 32.1. The molecule has 4 rings (SSSR count). The van der Waals surface area contributed by atoms with Crippen LogP contribution in [0.3, 0.4) is 0 Å². The quantitative estimate of drug-likeness (QED) is 0.840. The van der Waals surface area contributed by atoms with Gasteiger partial charge in [-0.25, -0.2) is 9.78 Å². The number of hydrogen-bond acceptors (Lipinski definition) is 5. The van der Waals surface area contributed by atoms with Crippen molar-refractivity contribution >= 4 is 34.6 Å². The topological polar surface area (TPSA) is 62.3 Å². The molecule has 2 aromatic heterocycles. The van der Waals surface area contributed by atoms with Crippen LogP contribution in [0.4, 0.5) is 4.79 Å². The third-order valence-corrected chi connectivity index (χ3v) is 6.74. The van der Waals surface area contributed by atoms with Crippen LogP contribution in [-0.4, -0.2) is 27.4 Å². The Bertz CT molecular complexity index is 746. The predicted molar refractivity (Wildman–Crippen MR) is 94.9 cm³/mol. The first-order chi connectivity index (χ1) is 11.7. The number of amides is 3. The van der Waals surface area contributed by atoms with Gasteiger partial charge >= 0.3 is 6.03 Å². The molecule has 2 fully saturated rings. The third-order valence-electron chi connectivity index (χ3n) is 4.81. The summed E-state index contributed by atoms with van der Waals surface area (Å²) in [6, 6.07) is 3.75. The number of rotatable bonds is 3. The molecule has 1 N–H and O–H groups in total. The molecule has 0 radical (unpaired) electrons. The molecule has 3 amide bonds. The Balaban J connectivity index is 1.52. The van der Waals surface area contributed by atoms with Gasteiger partial charge in [0.05, 0.1) is 17.1 Å². The standard InChI is InChI=1S/C17H19N3O2S2/c21-15-17(7-3-1-2-4-8-17)19-16(22)20(15)10-12-11-24-14(18-12)13-6-5-9-23-13/h5-6,9,11H,1-4,7-8,10H2,(H,19,22). The Morgan fingerprint density at radius 2 is 1.96 bits per heavy atom. The molecule has 7 heteroatoms.